The monoisotopic (exact) mass is 222 g/mol. The van der Waals surface area contributed by atoms with E-state index in [1.165, 1.54) is 11.3 Å². The Hall–Kier alpha value is -0.870. The summed E-state index contributed by atoms with van der Waals surface area (Å²) in [6.07, 6.45) is 2.28. The van der Waals surface area contributed by atoms with Gasteiger partial charge in [0.15, 0.2) is 0 Å². The van der Waals surface area contributed by atoms with Crippen LogP contribution >= 0.6 is 11.3 Å². The Morgan fingerprint density at radius 1 is 1.60 bits per heavy atom. The number of thiophene rings is 1. The van der Waals surface area contributed by atoms with Gasteiger partial charge < -0.3 is 10.6 Å². The van der Waals surface area contributed by atoms with Crippen molar-refractivity contribution in [1.29, 1.82) is 0 Å². The molecule has 15 heavy (non-hydrogen) atoms. The molecule has 1 amide bonds. The number of aryl methyl sites for hydroxylation is 1. The normalized spacial score (nSPS) is 32.5. The molecule has 2 heterocycles. The van der Waals surface area contributed by atoms with Gasteiger partial charge in [-0.05, 0) is 31.7 Å². The van der Waals surface area contributed by atoms with Crippen molar-refractivity contribution in [3.05, 3.63) is 16.3 Å². The fraction of sp³-hybridized carbons (Fsp3) is 0.545. The van der Waals surface area contributed by atoms with Crippen molar-refractivity contribution in [2.75, 3.05) is 5.32 Å². The summed E-state index contributed by atoms with van der Waals surface area (Å²) in [5, 5.41) is 8.29. The van der Waals surface area contributed by atoms with Crippen LogP contribution in [0.4, 0.5) is 5.69 Å². The maximum absolute atomic E-state index is 11.8. The Balaban J connectivity index is 1.61. The van der Waals surface area contributed by atoms with Crippen LogP contribution in [0.3, 0.4) is 0 Å². The highest BCUT2D eigenvalue weighted by atomic mass is 32.1. The summed E-state index contributed by atoms with van der Waals surface area (Å²) in [5.41, 5.74) is 0.935. The Morgan fingerprint density at radius 2 is 2.47 bits per heavy atom. The van der Waals surface area contributed by atoms with Crippen molar-refractivity contribution in [1.82, 2.24) is 5.32 Å². The van der Waals surface area contributed by atoms with Crippen molar-refractivity contribution < 1.29 is 4.79 Å². The van der Waals surface area contributed by atoms with Gasteiger partial charge in [0.05, 0.1) is 11.7 Å². The second-order valence-corrected chi connectivity index (χ2v) is 5.61. The third kappa shape index (κ3) is 1.79. The Bertz CT molecular complexity index is 391. The van der Waals surface area contributed by atoms with Crippen molar-refractivity contribution >= 4 is 22.9 Å². The average molecular weight is 222 g/mol. The Morgan fingerprint density at radius 3 is 3.07 bits per heavy atom. The van der Waals surface area contributed by atoms with E-state index in [1.54, 1.807) is 11.3 Å². The topological polar surface area (TPSA) is 41.1 Å². The molecule has 3 atom stereocenters. The summed E-state index contributed by atoms with van der Waals surface area (Å²) in [6.45, 7) is 2.04. The Labute approximate surface area is 92.9 Å². The molecule has 80 valence electrons. The van der Waals surface area contributed by atoms with Crippen LogP contribution in [0.5, 0.6) is 0 Å². The SMILES string of the molecule is Cc1cc(NC(=O)[C@@H]2C[C@H]3C[C@H]3N2)cs1. The molecule has 0 radical (unpaired) electrons. The smallest absolute Gasteiger partial charge is 0.241 e. The lowest BCUT2D eigenvalue weighted by atomic mass is 10.1. The van der Waals surface area contributed by atoms with E-state index < -0.39 is 0 Å². The predicted molar refractivity (Wildman–Crippen MR) is 61.1 cm³/mol. The lowest BCUT2D eigenvalue weighted by Crippen LogP contribution is -2.37. The second kappa shape index (κ2) is 3.32. The van der Waals surface area contributed by atoms with Crippen LogP contribution in [0.1, 0.15) is 17.7 Å². The van der Waals surface area contributed by atoms with Crippen LogP contribution in [-0.4, -0.2) is 18.0 Å². The summed E-state index contributed by atoms with van der Waals surface area (Å²) < 4.78 is 0. The standard InChI is InChI=1S/C11H14N2OS/c1-6-2-8(5-15-6)12-11(14)10-4-7-3-9(7)13-10/h2,5,7,9-10,13H,3-4H2,1H3,(H,12,14)/t7-,9-,10+/m1/s1. The fourth-order valence-electron chi connectivity index (χ4n) is 2.26. The number of hydrogen-bond acceptors (Lipinski definition) is 3. The third-order valence-electron chi connectivity index (χ3n) is 3.19. The van der Waals surface area contributed by atoms with E-state index in [0.717, 1.165) is 18.0 Å². The van der Waals surface area contributed by atoms with Crippen LogP contribution in [0.25, 0.3) is 0 Å². The summed E-state index contributed by atoms with van der Waals surface area (Å²) in [6, 6.07) is 2.68. The molecule has 0 unspecified atom stereocenters. The van der Waals surface area contributed by atoms with Gasteiger partial charge in [-0.25, -0.2) is 0 Å². The Kier molecular flexibility index (Phi) is 2.07. The summed E-state index contributed by atoms with van der Waals surface area (Å²) >= 11 is 1.66. The van der Waals surface area contributed by atoms with Crippen LogP contribution in [-0.2, 0) is 4.79 Å². The van der Waals surface area contributed by atoms with Crippen molar-refractivity contribution in [2.45, 2.75) is 31.8 Å². The minimum atomic E-state index is 0.0361. The minimum absolute atomic E-state index is 0.0361. The molecule has 2 N–H and O–H groups in total. The molecule has 3 rings (SSSR count). The highest BCUT2D eigenvalue weighted by Crippen LogP contribution is 2.40. The quantitative estimate of drug-likeness (QED) is 0.800. The molecule has 1 aromatic heterocycles. The first-order valence-electron chi connectivity index (χ1n) is 5.34. The van der Waals surface area contributed by atoms with E-state index in [2.05, 4.69) is 10.6 Å². The predicted octanol–water partition coefficient (Wildman–Crippen LogP) is 1.75. The van der Waals surface area contributed by atoms with E-state index in [4.69, 9.17) is 0 Å². The highest BCUT2D eigenvalue weighted by Gasteiger charge is 2.47. The molecule has 1 aliphatic carbocycles. The third-order valence-corrected chi connectivity index (χ3v) is 4.05. The molecule has 4 heteroatoms. The van der Waals surface area contributed by atoms with Crippen molar-refractivity contribution in [3.8, 4) is 0 Å². The number of piperidine rings is 1. The molecule has 1 saturated carbocycles. The van der Waals surface area contributed by atoms with Gasteiger partial charge in [-0.15, -0.1) is 11.3 Å². The average Bonchev–Trinajstić information content (AvgIpc) is 2.61. The highest BCUT2D eigenvalue weighted by molar-refractivity contribution is 7.10. The molecule has 2 aliphatic rings. The van der Waals surface area contributed by atoms with Crippen LogP contribution in [0, 0.1) is 12.8 Å². The van der Waals surface area contributed by atoms with Crippen LogP contribution in [0.15, 0.2) is 11.4 Å². The summed E-state index contributed by atoms with van der Waals surface area (Å²) in [4.78, 5) is 13.1. The van der Waals surface area contributed by atoms with Gasteiger partial charge in [0.2, 0.25) is 5.91 Å². The van der Waals surface area contributed by atoms with Crippen molar-refractivity contribution in [2.24, 2.45) is 5.92 Å². The van der Waals surface area contributed by atoms with E-state index in [1.807, 2.05) is 18.4 Å². The van der Waals surface area contributed by atoms with Crippen LogP contribution < -0.4 is 10.6 Å². The molecule has 0 bridgehead atoms. The summed E-state index contributed by atoms with van der Waals surface area (Å²) in [7, 11) is 0. The van der Waals surface area contributed by atoms with Crippen LogP contribution in [0.2, 0.25) is 0 Å². The van der Waals surface area contributed by atoms with Gasteiger partial charge in [0.1, 0.15) is 0 Å². The fourth-order valence-corrected chi connectivity index (χ4v) is 2.90. The molecule has 2 fully saturated rings. The first kappa shape index (κ1) is 9.36. The van der Waals surface area contributed by atoms with Crippen molar-refractivity contribution in [3.63, 3.8) is 0 Å². The number of anilines is 1. The van der Waals surface area contributed by atoms with E-state index in [-0.39, 0.29) is 11.9 Å². The number of fused-ring (bicyclic) bond motifs is 1. The molecule has 0 spiro atoms. The molecule has 0 aromatic carbocycles. The lowest BCUT2D eigenvalue weighted by Gasteiger charge is -2.12. The minimum Gasteiger partial charge on any atom is -0.324 e. The van der Waals surface area contributed by atoms with E-state index in [0.29, 0.717) is 6.04 Å². The number of carbonyl (C=O) groups is 1. The van der Waals surface area contributed by atoms with Gasteiger partial charge >= 0.3 is 0 Å². The largest absolute Gasteiger partial charge is 0.324 e. The van der Waals surface area contributed by atoms with Gasteiger partial charge in [-0.1, -0.05) is 0 Å². The zero-order valence-electron chi connectivity index (χ0n) is 8.62. The molecular weight excluding hydrogens is 208 g/mol. The number of carbonyl (C=O) groups excluding carboxylic acids is 1. The molecule has 3 nitrogen and oxygen atoms in total. The van der Waals surface area contributed by atoms with Gasteiger partial charge in [-0.3, -0.25) is 4.79 Å². The molecular formula is C11H14N2OS. The molecule has 1 saturated heterocycles. The number of nitrogens with one attached hydrogen (secondary N) is 2. The maximum atomic E-state index is 11.8. The number of rotatable bonds is 2. The number of hydrogen-bond donors (Lipinski definition) is 2. The lowest BCUT2D eigenvalue weighted by molar-refractivity contribution is -0.118. The summed E-state index contributed by atoms with van der Waals surface area (Å²) in [5.74, 6) is 0.893. The first-order chi connectivity index (χ1) is 7.22. The van der Waals surface area contributed by atoms with E-state index >= 15 is 0 Å². The number of amides is 1. The molecule has 1 aliphatic heterocycles. The first-order valence-corrected chi connectivity index (χ1v) is 6.22. The van der Waals surface area contributed by atoms with E-state index in [9.17, 15) is 4.79 Å². The second-order valence-electron chi connectivity index (χ2n) is 4.49. The maximum Gasteiger partial charge on any atom is 0.241 e. The zero-order valence-corrected chi connectivity index (χ0v) is 9.43. The van der Waals surface area contributed by atoms with Gasteiger partial charge in [0.25, 0.3) is 0 Å². The zero-order chi connectivity index (χ0) is 10.4. The van der Waals surface area contributed by atoms with Gasteiger partial charge in [-0.2, -0.15) is 0 Å². The van der Waals surface area contributed by atoms with Gasteiger partial charge in [0, 0.05) is 16.3 Å². The molecule has 1 aromatic rings.